The molecule has 6 nitrogen and oxygen atoms in total. The van der Waals surface area contributed by atoms with Crippen LogP contribution in [0.25, 0.3) is 0 Å². The molecule has 7 heteroatoms. The van der Waals surface area contributed by atoms with Gasteiger partial charge in [-0.3, -0.25) is 4.79 Å². The molecule has 1 aliphatic rings. The fraction of sp³-hybridized carbons (Fsp3) is 0.667. The summed E-state index contributed by atoms with van der Waals surface area (Å²) >= 11 is 0. The quantitative estimate of drug-likeness (QED) is 0.836. The van der Waals surface area contributed by atoms with Crippen LogP contribution in [0.15, 0.2) is 9.42 Å². The Labute approximate surface area is 112 Å². The van der Waals surface area contributed by atoms with Crippen LogP contribution in [0.1, 0.15) is 37.6 Å². The van der Waals surface area contributed by atoms with E-state index in [4.69, 9.17) is 4.52 Å². The third kappa shape index (κ3) is 2.57. The van der Waals surface area contributed by atoms with E-state index in [-0.39, 0.29) is 23.1 Å². The Kier molecular flexibility index (Phi) is 3.78. The zero-order chi connectivity index (χ0) is 14.2. The molecule has 1 aliphatic heterocycles. The number of aryl methyl sites for hydroxylation is 2. The number of Topliss-reactive ketones (excluding diaryl/α,β-unsaturated/α-hetero) is 1. The maximum absolute atomic E-state index is 12.6. The van der Waals surface area contributed by atoms with Crippen molar-refractivity contribution in [2.45, 2.75) is 51.0 Å². The highest BCUT2D eigenvalue weighted by Gasteiger charge is 2.38. The molecular weight excluding hydrogens is 268 g/mol. The number of nitrogens with zero attached hydrogens (tertiary/aromatic N) is 2. The van der Waals surface area contributed by atoms with Crippen molar-refractivity contribution >= 4 is 15.8 Å². The number of hydrogen-bond donors (Lipinski definition) is 0. The maximum Gasteiger partial charge on any atom is 0.248 e. The number of hydrogen-bond acceptors (Lipinski definition) is 5. The van der Waals surface area contributed by atoms with E-state index in [2.05, 4.69) is 5.16 Å². The molecule has 106 valence electrons. The van der Waals surface area contributed by atoms with E-state index in [9.17, 15) is 13.2 Å². The van der Waals surface area contributed by atoms with Crippen LogP contribution in [0.4, 0.5) is 0 Å². The van der Waals surface area contributed by atoms with E-state index in [1.807, 2.05) is 0 Å². The predicted molar refractivity (Wildman–Crippen MR) is 68.2 cm³/mol. The van der Waals surface area contributed by atoms with Gasteiger partial charge in [0.25, 0.3) is 0 Å². The van der Waals surface area contributed by atoms with Crippen LogP contribution in [-0.4, -0.2) is 36.2 Å². The molecule has 0 saturated carbocycles. The van der Waals surface area contributed by atoms with Crippen molar-refractivity contribution in [3.8, 4) is 0 Å². The Morgan fingerprint density at radius 3 is 2.68 bits per heavy atom. The molecule has 1 fully saturated rings. The first kappa shape index (κ1) is 14.2. The van der Waals surface area contributed by atoms with Gasteiger partial charge in [0.2, 0.25) is 10.0 Å². The van der Waals surface area contributed by atoms with Crippen molar-refractivity contribution in [1.29, 1.82) is 0 Å². The molecule has 1 aromatic rings. The zero-order valence-corrected chi connectivity index (χ0v) is 12.2. The molecule has 2 rings (SSSR count). The van der Waals surface area contributed by atoms with E-state index in [1.165, 1.54) is 11.2 Å². The lowest BCUT2D eigenvalue weighted by Gasteiger charge is -2.22. The van der Waals surface area contributed by atoms with Crippen molar-refractivity contribution in [3.05, 3.63) is 11.5 Å². The second-order valence-corrected chi connectivity index (χ2v) is 6.80. The highest BCUT2D eigenvalue weighted by Crippen LogP contribution is 2.30. The number of ketones is 1. The molecule has 1 aromatic heterocycles. The van der Waals surface area contributed by atoms with Crippen LogP contribution in [0, 0.1) is 13.8 Å². The summed E-state index contributed by atoms with van der Waals surface area (Å²) in [6.07, 6.45) is 1.77. The van der Waals surface area contributed by atoms with Crippen LogP contribution in [0.5, 0.6) is 0 Å². The lowest BCUT2D eigenvalue weighted by atomic mass is 10.1. The van der Waals surface area contributed by atoms with Crippen molar-refractivity contribution in [1.82, 2.24) is 9.46 Å². The van der Waals surface area contributed by atoms with E-state index in [0.717, 1.165) is 12.8 Å². The van der Waals surface area contributed by atoms with Gasteiger partial charge in [-0.05, 0) is 33.6 Å². The molecule has 0 bridgehead atoms. The summed E-state index contributed by atoms with van der Waals surface area (Å²) in [5.41, 5.74) is 0.367. The largest absolute Gasteiger partial charge is 0.360 e. The molecule has 0 aromatic carbocycles. The third-order valence-corrected chi connectivity index (χ3v) is 5.58. The monoisotopic (exact) mass is 286 g/mol. The molecule has 1 unspecified atom stereocenters. The Hall–Kier alpha value is -1.21. The van der Waals surface area contributed by atoms with Gasteiger partial charge >= 0.3 is 0 Å². The average Bonchev–Trinajstić information content (AvgIpc) is 2.85. The molecule has 0 aliphatic carbocycles. The molecule has 1 atom stereocenters. The summed E-state index contributed by atoms with van der Waals surface area (Å²) in [7, 11) is -3.63. The van der Waals surface area contributed by atoms with E-state index < -0.39 is 10.0 Å². The van der Waals surface area contributed by atoms with Gasteiger partial charge in [-0.1, -0.05) is 5.16 Å². The molecule has 0 N–H and O–H groups in total. The van der Waals surface area contributed by atoms with Crippen LogP contribution in [-0.2, 0) is 14.8 Å². The van der Waals surface area contributed by atoms with Crippen molar-refractivity contribution in [3.63, 3.8) is 0 Å². The van der Waals surface area contributed by atoms with Gasteiger partial charge in [0, 0.05) is 19.0 Å². The molecule has 2 heterocycles. The number of carbonyl (C=O) groups excluding carboxylic acids is 1. The number of rotatable bonds is 4. The van der Waals surface area contributed by atoms with Gasteiger partial charge < -0.3 is 4.52 Å². The van der Waals surface area contributed by atoms with E-state index in [1.54, 1.807) is 13.8 Å². The Morgan fingerprint density at radius 1 is 1.47 bits per heavy atom. The highest BCUT2D eigenvalue weighted by molar-refractivity contribution is 7.89. The summed E-state index contributed by atoms with van der Waals surface area (Å²) in [4.78, 5) is 11.4. The van der Waals surface area contributed by atoms with Crippen LogP contribution < -0.4 is 0 Å². The normalized spacial score (nSPS) is 20.9. The van der Waals surface area contributed by atoms with Crippen LogP contribution in [0.2, 0.25) is 0 Å². The van der Waals surface area contributed by atoms with Gasteiger partial charge in [0.15, 0.2) is 5.76 Å². The average molecular weight is 286 g/mol. The van der Waals surface area contributed by atoms with Gasteiger partial charge in [-0.2, -0.15) is 4.31 Å². The second-order valence-electron chi connectivity index (χ2n) is 4.97. The number of aromatic nitrogens is 1. The zero-order valence-electron chi connectivity index (χ0n) is 11.3. The third-order valence-electron chi connectivity index (χ3n) is 3.38. The summed E-state index contributed by atoms with van der Waals surface area (Å²) in [5.74, 6) is 0.303. The summed E-state index contributed by atoms with van der Waals surface area (Å²) in [6, 6.07) is -0.240. The van der Waals surface area contributed by atoms with Crippen molar-refractivity contribution < 1.29 is 17.7 Å². The minimum Gasteiger partial charge on any atom is -0.360 e. The first-order chi connectivity index (χ1) is 8.84. The van der Waals surface area contributed by atoms with Gasteiger partial charge in [0.1, 0.15) is 16.4 Å². The van der Waals surface area contributed by atoms with E-state index >= 15 is 0 Å². The lowest BCUT2D eigenvalue weighted by molar-refractivity contribution is -0.117. The Bertz CT molecular complexity index is 571. The van der Waals surface area contributed by atoms with Gasteiger partial charge in [-0.25, -0.2) is 8.42 Å². The first-order valence-electron chi connectivity index (χ1n) is 6.28. The molecular formula is C12H18N2O4S. The molecule has 0 spiro atoms. The fourth-order valence-electron chi connectivity index (χ4n) is 2.62. The number of carbonyl (C=O) groups is 1. The Morgan fingerprint density at radius 2 is 2.16 bits per heavy atom. The lowest BCUT2D eigenvalue weighted by Crippen LogP contribution is -2.37. The standard InChI is InChI=1S/C12H18N2O4S/c1-8(15)7-11-5-4-6-14(11)19(16,17)12-9(2)13-18-10(12)3/h11H,4-7H2,1-3H3. The predicted octanol–water partition coefficient (Wildman–Crippen LogP) is 1.42. The first-order valence-corrected chi connectivity index (χ1v) is 7.72. The van der Waals surface area contributed by atoms with Crippen molar-refractivity contribution in [2.24, 2.45) is 0 Å². The molecule has 1 saturated heterocycles. The van der Waals surface area contributed by atoms with E-state index in [0.29, 0.717) is 18.0 Å². The maximum atomic E-state index is 12.6. The minimum atomic E-state index is -3.63. The summed E-state index contributed by atoms with van der Waals surface area (Å²) in [6.45, 7) is 5.13. The van der Waals surface area contributed by atoms with Gasteiger partial charge in [-0.15, -0.1) is 0 Å². The van der Waals surface area contributed by atoms with Crippen LogP contribution >= 0.6 is 0 Å². The second kappa shape index (κ2) is 5.05. The van der Waals surface area contributed by atoms with Gasteiger partial charge in [0.05, 0.1) is 0 Å². The topological polar surface area (TPSA) is 80.5 Å². The molecule has 0 radical (unpaired) electrons. The summed E-state index contributed by atoms with van der Waals surface area (Å²) in [5, 5.41) is 3.69. The Balaban J connectivity index is 2.37. The smallest absolute Gasteiger partial charge is 0.248 e. The minimum absolute atomic E-state index is 0.00543. The SMILES string of the molecule is CC(=O)CC1CCCN1S(=O)(=O)c1c(C)noc1C. The van der Waals surface area contributed by atoms with Crippen LogP contribution in [0.3, 0.4) is 0 Å². The molecule has 0 amide bonds. The number of sulfonamides is 1. The highest BCUT2D eigenvalue weighted by atomic mass is 32.2. The van der Waals surface area contributed by atoms with Crippen molar-refractivity contribution in [2.75, 3.05) is 6.54 Å². The summed E-state index contributed by atoms with van der Waals surface area (Å²) < 4.78 is 31.6. The fourth-order valence-corrected chi connectivity index (χ4v) is 4.61. The molecule has 19 heavy (non-hydrogen) atoms.